The molecule has 128 valence electrons. The van der Waals surface area contributed by atoms with Crippen LogP contribution in [0.1, 0.15) is 112 Å². The van der Waals surface area contributed by atoms with Crippen LogP contribution in [0.25, 0.3) is 0 Å². The smallest absolute Gasteiger partial charge is 0.00106 e. The normalized spacial score (nSPS) is 14.6. The van der Waals surface area contributed by atoms with E-state index in [1.807, 2.05) is 0 Å². The molecule has 0 heterocycles. The highest BCUT2D eigenvalue weighted by Gasteiger charge is 2.21. The fourth-order valence-corrected chi connectivity index (χ4v) is 2.88. The predicted molar refractivity (Wildman–Crippen MR) is 98.0 cm³/mol. The van der Waals surface area contributed by atoms with Crippen molar-refractivity contribution in [3.8, 4) is 0 Å². The van der Waals surface area contributed by atoms with Crippen LogP contribution in [0, 0.1) is 5.41 Å². The number of nitrogens with one attached hydrogen (secondary N) is 1. The molecule has 0 bridgehead atoms. The summed E-state index contributed by atoms with van der Waals surface area (Å²) in [6.07, 6.45) is 17.1. The number of hydrogen-bond donors (Lipinski definition) is 1. The Morgan fingerprint density at radius 1 is 0.762 bits per heavy atom. The molecule has 1 atom stereocenters. The average Bonchev–Trinajstić information content (AvgIpc) is 2.47. The van der Waals surface area contributed by atoms with Gasteiger partial charge in [-0.15, -0.1) is 0 Å². The SMILES string of the molecule is CCCCCCCCCCCCC(C)(CC)CNC(C)C. The molecule has 0 spiro atoms. The quantitative estimate of drug-likeness (QED) is 0.331. The second-order valence-corrected chi connectivity index (χ2v) is 7.63. The molecule has 0 fully saturated rings. The third-order valence-electron chi connectivity index (χ3n) is 4.92. The zero-order valence-corrected chi connectivity index (χ0v) is 15.8. The average molecular weight is 298 g/mol. The minimum absolute atomic E-state index is 0.504. The molecular weight excluding hydrogens is 254 g/mol. The van der Waals surface area contributed by atoms with E-state index in [0.29, 0.717) is 11.5 Å². The molecule has 0 aliphatic rings. The van der Waals surface area contributed by atoms with Gasteiger partial charge in [0, 0.05) is 12.6 Å². The third kappa shape index (κ3) is 13.4. The van der Waals surface area contributed by atoms with Crippen molar-refractivity contribution in [2.45, 2.75) is 118 Å². The van der Waals surface area contributed by atoms with Crippen molar-refractivity contribution in [3.63, 3.8) is 0 Å². The van der Waals surface area contributed by atoms with E-state index >= 15 is 0 Å². The Balaban J connectivity index is 3.46. The maximum atomic E-state index is 3.62. The molecule has 21 heavy (non-hydrogen) atoms. The molecule has 0 radical (unpaired) electrons. The Hall–Kier alpha value is -0.0400. The lowest BCUT2D eigenvalue weighted by molar-refractivity contribution is 0.252. The number of unbranched alkanes of at least 4 members (excludes halogenated alkanes) is 9. The second kappa shape index (κ2) is 13.6. The van der Waals surface area contributed by atoms with Crippen molar-refractivity contribution in [1.82, 2.24) is 5.32 Å². The van der Waals surface area contributed by atoms with E-state index < -0.39 is 0 Å². The van der Waals surface area contributed by atoms with E-state index in [2.05, 4.69) is 39.9 Å². The van der Waals surface area contributed by atoms with Gasteiger partial charge in [-0.1, -0.05) is 98.8 Å². The molecule has 0 rings (SSSR count). The summed E-state index contributed by atoms with van der Waals surface area (Å²) in [5, 5.41) is 3.62. The highest BCUT2D eigenvalue weighted by Crippen LogP contribution is 2.28. The summed E-state index contributed by atoms with van der Waals surface area (Å²) in [6, 6.07) is 0.614. The molecule has 0 aromatic rings. The van der Waals surface area contributed by atoms with Crippen LogP contribution < -0.4 is 5.32 Å². The molecule has 0 aliphatic carbocycles. The standard InChI is InChI=1S/C20H43N/c1-6-8-9-10-11-12-13-14-15-16-17-20(5,7-2)18-21-19(3)4/h19,21H,6-18H2,1-5H3. The molecule has 0 saturated carbocycles. The molecule has 0 aromatic carbocycles. The van der Waals surface area contributed by atoms with Gasteiger partial charge in [0.05, 0.1) is 0 Å². The van der Waals surface area contributed by atoms with Gasteiger partial charge in [0.25, 0.3) is 0 Å². The summed E-state index contributed by atoms with van der Waals surface area (Å²) in [5.74, 6) is 0. The van der Waals surface area contributed by atoms with Crippen molar-refractivity contribution in [2.24, 2.45) is 5.41 Å². The molecule has 0 amide bonds. The summed E-state index contributed by atoms with van der Waals surface area (Å²) in [4.78, 5) is 0. The number of rotatable bonds is 15. The third-order valence-corrected chi connectivity index (χ3v) is 4.92. The van der Waals surface area contributed by atoms with Gasteiger partial charge >= 0.3 is 0 Å². The van der Waals surface area contributed by atoms with Crippen LogP contribution in [-0.4, -0.2) is 12.6 Å². The predicted octanol–water partition coefficient (Wildman–Crippen LogP) is 6.71. The van der Waals surface area contributed by atoms with Crippen molar-refractivity contribution in [3.05, 3.63) is 0 Å². The van der Waals surface area contributed by atoms with Gasteiger partial charge in [0.2, 0.25) is 0 Å². The lowest BCUT2D eigenvalue weighted by Gasteiger charge is -2.30. The van der Waals surface area contributed by atoms with E-state index in [9.17, 15) is 0 Å². The van der Waals surface area contributed by atoms with E-state index in [4.69, 9.17) is 0 Å². The van der Waals surface area contributed by atoms with Gasteiger partial charge in [-0.2, -0.15) is 0 Å². The van der Waals surface area contributed by atoms with Crippen LogP contribution in [0.5, 0.6) is 0 Å². The minimum atomic E-state index is 0.504. The molecule has 1 nitrogen and oxygen atoms in total. The first-order valence-electron chi connectivity index (χ1n) is 9.77. The van der Waals surface area contributed by atoms with Crippen LogP contribution in [0.4, 0.5) is 0 Å². The van der Waals surface area contributed by atoms with Crippen LogP contribution >= 0.6 is 0 Å². The van der Waals surface area contributed by atoms with Crippen molar-refractivity contribution < 1.29 is 0 Å². The first kappa shape index (κ1) is 21.0. The molecule has 0 aromatic heterocycles. The fourth-order valence-electron chi connectivity index (χ4n) is 2.88. The highest BCUT2D eigenvalue weighted by molar-refractivity contribution is 4.76. The Morgan fingerprint density at radius 3 is 1.67 bits per heavy atom. The first-order chi connectivity index (χ1) is 10.0. The number of hydrogen-bond acceptors (Lipinski definition) is 1. The van der Waals surface area contributed by atoms with Crippen molar-refractivity contribution in [2.75, 3.05) is 6.54 Å². The van der Waals surface area contributed by atoms with Gasteiger partial charge in [-0.3, -0.25) is 0 Å². The molecule has 1 heteroatoms. The lowest BCUT2D eigenvalue weighted by atomic mass is 9.81. The summed E-state index contributed by atoms with van der Waals surface area (Å²) < 4.78 is 0. The lowest BCUT2D eigenvalue weighted by Crippen LogP contribution is -2.35. The molecule has 0 aliphatic heterocycles. The van der Waals surface area contributed by atoms with Crippen LogP contribution in [0.3, 0.4) is 0 Å². The summed E-state index contributed by atoms with van der Waals surface area (Å²) in [7, 11) is 0. The Morgan fingerprint density at radius 2 is 1.24 bits per heavy atom. The zero-order chi connectivity index (χ0) is 16.0. The summed E-state index contributed by atoms with van der Waals surface area (Å²) >= 11 is 0. The van der Waals surface area contributed by atoms with Gasteiger partial charge in [0.15, 0.2) is 0 Å². The van der Waals surface area contributed by atoms with E-state index in [1.54, 1.807) is 0 Å². The molecular formula is C20H43N. The first-order valence-corrected chi connectivity index (χ1v) is 9.77. The van der Waals surface area contributed by atoms with Gasteiger partial charge < -0.3 is 5.32 Å². The Bertz CT molecular complexity index is 212. The van der Waals surface area contributed by atoms with E-state index in [-0.39, 0.29) is 0 Å². The summed E-state index contributed by atoms with van der Waals surface area (Å²) in [6.45, 7) is 12.8. The van der Waals surface area contributed by atoms with Gasteiger partial charge in [0.1, 0.15) is 0 Å². The van der Waals surface area contributed by atoms with Crippen molar-refractivity contribution >= 4 is 0 Å². The van der Waals surface area contributed by atoms with Crippen LogP contribution in [-0.2, 0) is 0 Å². The monoisotopic (exact) mass is 297 g/mol. The Labute approximate surface area is 135 Å². The molecule has 1 unspecified atom stereocenters. The molecule has 1 N–H and O–H groups in total. The Kier molecular flexibility index (Phi) is 13.6. The second-order valence-electron chi connectivity index (χ2n) is 7.63. The topological polar surface area (TPSA) is 12.0 Å². The molecule has 0 saturated heterocycles. The van der Waals surface area contributed by atoms with E-state index in [0.717, 1.165) is 0 Å². The van der Waals surface area contributed by atoms with Gasteiger partial charge in [-0.05, 0) is 18.3 Å². The van der Waals surface area contributed by atoms with Crippen LogP contribution in [0.15, 0.2) is 0 Å². The fraction of sp³-hybridized carbons (Fsp3) is 1.00. The summed E-state index contributed by atoms with van der Waals surface area (Å²) in [5.41, 5.74) is 0.504. The maximum absolute atomic E-state index is 3.62. The largest absolute Gasteiger partial charge is 0.314 e. The van der Waals surface area contributed by atoms with Crippen molar-refractivity contribution in [1.29, 1.82) is 0 Å². The van der Waals surface area contributed by atoms with Gasteiger partial charge in [-0.25, -0.2) is 0 Å². The minimum Gasteiger partial charge on any atom is -0.314 e. The maximum Gasteiger partial charge on any atom is 0.00106 e. The van der Waals surface area contributed by atoms with Crippen LogP contribution in [0.2, 0.25) is 0 Å². The highest BCUT2D eigenvalue weighted by atomic mass is 14.9. The van der Waals surface area contributed by atoms with E-state index in [1.165, 1.54) is 83.6 Å². The zero-order valence-electron chi connectivity index (χ0n) is 15.8.